The molecule has 2 rings (SSSR count). The predicted octanol–water partition coefficient (Wildman–Crippen LogP) is 3.78. The standard InChI is InChI=1S/C15H22ClN3/c1-19(12-6-4-2-3-5-7-12)14-10-11(16)8-9-13(14)15(17)18/h8-10,12H,2-7H2,1H3,(H3,17,18). The molecule has 1 aromatic carbocycles. The van der Waals surface area contributed by atoms with Gasteiger partial charge in [-0.15, -0.1) is 0 Å². The van der Waals surface area contributed by atoms with Crippen molar-refractivity contribution in [1.29, 1.82) is 5.41 Å². The summed E-state index contributed by atoms with van der Waals surface area (Å²) in [7, 11) is 2.09. The maximum atomic E-state index is 7.71. The lowest BCUT2D eigenvalue weighted by atomic mass is 10.0. The third-order valence-electron chi connectivity index (χ3n) is 4.00. The molecule has 1 aliphatic rings. The summed E-state index contributed by atoms with van der Waals surface area (Å²) >= 11 is 6.10. The minimum Gasteiger partial charge on any atom is -0.384 e. The average molecular weight is 280 g/mol. The van der Waals surface area contributed by atoms with E-state index in [0.717, 1.165) is 11.3 Å². The minimum atomic E-state index is 0.104. The molecule has 4 heteroatoms. The smallest absolute Gasteiger partial charge is 0.124 e. The number of nitrogens with two attached hydrogens (primary N) is 1. The molecule has 0 unspecified atom stereocenters. The van der Waals surface area contributed by atoms with Gasteiger partial charge in [0.25, 0.3) is 0 Å². The van der Waals surface area contributed by atoms with Crippen molar-refractivity contribution in [2.45, 2.75) is 44.6 Å². The predicted molar refractivity (Wildman–Crippen MR) is 82.4 cm³/mol. The summed E-state index contributed by atoms with van der Waals surface area (Å²) in [4.78, 5) is 2.26. The Hall–Kier alpha value is -1.22. The van der Waals surface area contributed by atoms with Crippen LogP contribution in [0.1, 0.15) is 44.1 Å². The molecular formula is C15H22ClN3. The molecule has 0 aromatic heterocycles. The van der Waals surface area contributed by atoms with Gasteiger partial charge in [-0.1, -0.05) is 37.3 Å². The molecule has 104 valence electrons. The van der Waals surface area contributed by atoms with E-state index in [4.69, 9.17) is 22.7 Å². The number of nitrogen functional groups attached to an aromatic ring is 1. The Morgan fingerprint density at radius 1 is 1.26 bits per heavy atom. The van der Waals surface area contributed by atoms with E-state index in [9.17, 15) is 0 Å². The maximum Gasteiger partial charge on any atom is 0.124 e. The summed E-state index contributed by atoms with van der Waals surface area (Å²) in [5.41, 5.74) is 7.43. The molecule has 3 N–H and O–H groups in total. The van der Waals surface area contributed by atoms with Crippen molar-refractivity contribution in [3.8, 4) is 0 Å². The number of nitrogens with zero attached hydrogens (tertiary/aromatic N) is 1. The van der Waals surface area contributed by atoms with E-state index in [1.807, 2.05) is 12.1 Å². The number of anilines is 1. The van der Waals surface area contributed by atoms with Gasteiger partial charge in [0.1, 0.15) is 5.84 Å². The van der Waals surface area contributed by atoms with Crippen molar-refractivity contribution in [1.82, 2.24) is 0 Å². The first-order valence-corrected chi connectivity index (χ1v) is 7.34. The maximum absolute atomic E-state index is 7.71. The number of halogens is 1. The van der Waals surface area contributed by atoms with Gasteiger partial charge >= 0.3 is 0 Å². The van der Waals surface area contributed by atoms with Gasteiger partial charge in [0, 0.05) is 29.4 Å². The van der Waals surface area contributed by atoms with E-state index >= 15 is 0 Å². The van der Waals surface area contributed by atoms with Crippen LogP contribution in [0.2, 0.25) is 5.02 Å². The second-order valence-electron chi connectivity index (χ2n) is 5.33. The van der Waals surface area contributed by atoms with Crippen LogP contribution in [-0.4, -0.2) is 18.9 Å². The Kier molecular flexibility index (Phi) is 4.70. The van der Waals surface area contributed by atoms with Crippen molar-refractivity contribution in [3.63, 3.8) is 0 Å². The number of hydrogen-bond acceptors (Lipinski definition) is 2. The van der Waals surface area contributed by atoms with E-state index in [1.165, 1.54) is 38.5 Å². The third-order valence-corrected chi connectivity index (χ3v) is 4.24. The first-order valence-electron chi connectivity index (χ1n) is 6.96. The molecular weight excluding hydrogens is 258 g/mol. The number of amidine groups is 1. The molecule has 1 aromatic rings. The molecule has 0 aliphatic heterocycles. The molecule has 19 heavy (non-hydrogen) atoms. The van der Waals surface area contributed by atoms with Crippen molar-refractivity contribution >= 4 is 23.1 Å². The lowest BCUT2D eigenvalue weighted by Gasteiger charge is -2.31. The Morgan fingerprint density at radius 3 is 2.47 bits per heavy atom. The highest BCUT2D eigenvalue weighted by Gasteiger charge is 2.20. The highest BCUT2D eigenvalue weighted by molar-refractivity contribution is 6.31. The Morgan fingerprint density at radius 2 is 1.89 bits per heavy atom. The largest absolute Gasteiger partial charge is 0.384 e. The second kappa shape index (κ2) is 6.29. The molecule has 0 bridgehead atoms. The van der Waals surface area contributed by atoms with Crippen LogP contribution < -0.4 is 10.6 Å². The van der Waals surface area contributed by atoms with Crippen molar-refractivity contribution in [2.75, 3.05) is 11.9 Å². The van der Waals surface area contributed by atoms with Gasteiger partial charge < -0.3 is 10.6 Å². The zero-order chi connectivity index (χ0) is 13.8. The quantitative estimate of drug-likeness (QED) is 0.502. The van der Waals surface area contributed by atoms with Crippen LogP contribution in [0.3, 0.4) is 0 Å². The van der Waals surface area contributed by atoms with Crippen LogP contribution in [0.4, 0.5) is 5.69 Å². The molecule has 0 radical (unpaired) electrons. The molecule has 0 saturated heterocycles. The number of hydrogen-bond donors (Lipinski definition) is 2. The van der Waals surface area contributed by atoms with Gasteiger partial charge in [-0.05, 0) is 31.0 Å². The molecule has 0 spiro atoms. The molecule has 1 aliphatic carbocycles. The summed E-state index contributed by atoms with van der Waals surface area (Å²) in [6.45, 7) is 0. The van der Waals surface area contributed by atoms with Crippen molar-refractivity contribution < 1.29 is 0 Å². The van der Waals surface area contributed by atoms with E-state index in [1.54, 1.807) is 6.07 Å². The highest BCUT2D eigenvalue weighted by atomic mass is 35.5. The summed E-state index contributed by atoms with van der Waals surface area (Å²) < 4.78 is 0. The van der Waals surface area contributed by atoms with Gasteiger partial charge in [-0.2, -0.15) is 0 Å². The van der Waals surface area contributed by atoms with Gasteiger partial charge in [0.05, 0.1) is 0 Å². The zero-order valence-electron chi connectivity index (χ0n) is 11.5. The van der Waals surface area contributed by atoms with Crippen LogP contribution >= 0.6 is 11.6 Å². The molecule has 1 saturated carbocycles. The highest BCUT2D eigenvalue weighted by Crippen LogP contribution is 2.29. The Balaban J connectivity index is 2.28. The fourth-order valence-corrected chi connectivity index (χ4v) is 3.03. The fourth-order valence-electron chi connectivity index (χ4n) is 2.87. The van der Waals surface area contributed by atoms with E-state index < -0.39 is 0 Å². The number of benzene rings is 1. The number of nitrogens with one attached hydrogen (secondary N) is 1. The van der Waals surface area contributed by atoms with E-state index in [2.05, 4.69) is 11.9 Å². The third kappa shape index (κ3) is 3.41. The van der Waals surface area contributed by atoms with Crippen LogP contribution in [0, 0.1) is 5.41 Å². The lowest BCUT2D eigenvalue weighted by molar-refractivity contribution is 0.553. The van der Waals surface area contributed by atoms with Gasteiger partial charge in [-0.3, -0.25) is 5.41 Å². The summed E-state index contributed by atoms with van der Waals surface area (Å²) in [6.07, 6.45) is 7.65. The monoisotopic (exact) mass is 279 g/mol. The van der Waals surface area contributed by atoms with Gasteiger partial charge in [0.2, 0.25) is 0 Å². The van der Waals surface area contributed by atoms with Crippen molar-refractivity contribution in [2.24, 2.45) is 5.73 Å². The van der Waals surface area contributed by atoms with Crippen LogP contribution in [0.15, 0.2) is 18.2 Å². The first-order chi connectivity index (χ1) is 9.09. The molecule has 3 nitrogen and oxygen atoms in total. The first kappa shape index (κ1) is 14.2. The van der Waals surface area contributed by atoms with Crippen LogP contribution in [-0.2, 0) is 0 Å². The van der Waals surface area contributed by atoms with Crippen LogP contribution in [0.5, 0.6) is 0 Å². The van der Waals surface area contributed by atoms with E-state index in [0.29, 0.717) is 11.1 Å². The summed E-state index contributed by atoms with van der Waals surface area (Å²) in [6, 6.07) is 6.08. The fraction of sp³-hybridized carbons (Fsp3) is 0.533. The molecule has 0 atom stereocenters. The Bertz CT molecular complexity index is 451. The number of rotatable bonds is 3. The summed E-state index contributed by atoms with van der Waals surface area (Å²) in [5.74, 6) is 0.104. The minimum absolute atomic E-state index is 0.104. The molecule has 0 heterocycles. The Labute approximate surface area is 120 Å². The van der Waals surface area contributed by atoms with Gasteiger partial charge in [-0.25, -0.2) is 0 Å². The second-order valence-corrected chi connectivity index (χ2v) is 5.77. The topological polar surface area (TPSA) is 53.1 Å². The van der Waals surface area contributed by atoms with E-state index in [-0.39, 0.29) is 5.84 Å². The average Bonchev–Trinajstić information content (AvgIpc) is 2.66. The van der Waals surface area contributed by atoms with Crippen LogP contribution in [0.25, 0.3) is 0 Å². The normalized spacial score (nSPS) is 16.9. The summed E-state index contributed by atoms with van der Waals surface area (Å²) in [5, 5.41) is 8.40. The SMILES string of the molecule is CN(c1cc(Cl)ccc1C(=N)N)C1CCCCCC1. The molecule has 1 fully saturated rings. The molecule has 0 amide bonds. The van der Waals surface area contributed by atoms with Crippen molar-refractivity contribution in [3.05, 3.63) is 28.8 Å². The van der Waals surface area contributed by atoms with Gasteiger partial charge in [0.15, 0.2) is 0 Å². The zero-order valence-corrected chi connectivity index (χ0v) is 12.2. The lowest BCUT2D eigenvalue weighted by Crippen LogP contribution is -2.33.